The number of amides is 2. The Hall–Kier alpha value is -4.45. The van der Waals surface area contributed by atoms with Gasteiger partial charge in [0.2, 0.25) is 5.91 Å². The van der Waals surface area contributed by atoms with Crippen LogP contribution in [0.3, 0.4) is 0 Å². The first-order chi connectivity index (χ1) is 18.9. The predicted octanol–water partition coefficient (Wildman–Crippen LogP) is 2.59. The molecule has 0 saturated carbocycles. The number of carbonyl (C=O) groups is 2. The fourth-order valence-corrected chi connectivity index (χ4v) is 4.75. The lowest BCUT2D eigenvalue weighted by Gasteiger charge is -2.22. The Balaban J connectivity index is 1.77. The van der Waals surface area contributed by atoms with E-state index in [-0.39, 0.29) is 42.2 Å². The predicted molar refractivity (Wildman–Crippen MR) is 133 cm³/mol. The first-order valence-electron chi connectivity index (χ1n) is 11.8. The van der Waals surface area contributed by atoms with Crippen molar-refractivity contribution in [2.24, 2.45) is 5.73 Å². The molecule has 3 heterocycles. The second-order valence-corrected chi connectivity index (χ2v) is 8.98. The lowest BCUT2D eigenvalue weighted by Crippen LogP contribution is -2.37. The van der Waals surface area contributed by atoms with Gasteiger partial charge in [0.1, 0.15) is 29.3 Å². The van der Waals surface area contributed by atoms with Gasteiger partial charge in [-0.15, -0.1) is 0 Å². The molecule has 2 amide bonds. The summed E-state index contributed by atoms with van der Waals surface area (Å²) < 4.78 is 75.6. The Labute approximate surface area is 224 Å². The van der Waals surface area contributed by atoms with E-state index in [1.165, 1.54) is 24.9 Å². The van der Waals surface area contributed by atoms with Gasteiger partial charge in [0.05, 0.1) is 36.1 Å². The normalized spacial score (nSPS) is 17.1. The molecular formula is C25H24F5N7O3. The van der Waals surface area contributed by atoms with E-state index in [0.717, 1.165) is 6.33 Å². The van der Waals surface area contributed by atoms with Gasteiger partial charge in [0, 0.05) is 26.8 Å². The number of benzene rings is 1. The number of nitrogens with zero attached hydrogens (tertiary/aromatic N) is 5. The van der Waals surface area contributed by atoms with Crippen LogP contribution in [-0.2, 0) is 16.1 Å². The highest BCUT2D eigenvalue weighted by molar-refractivity contribution is 6.00. The van der Waals surface area contributed by atoms with Crippen LogP contribution in [0, 0.1) is 23.5 Å². The van der Waals surface area contributed by atoms with Gasteiger partial charge in [-0.25, -0.2) is 18.4 Å². The Morgan fingerprint density at radius 2 is 2.05 bits per heavy atom. The number of primary amides is 1. The van der Waals surface area contributed by atoms with E-state index < -0.39 is 52.9 Å². The van der Waals surface area contributed by atoms with Gasteiger partial charge >= 0.3 is 6.18 Å². The molecule has 1 saturated heterocycles. The van der Waals surface area contributed by atoms with Crippen molar-refractivity contribution in [2.45, 2.75) is 31.2 Å². The highest BCUT2D eigenvalue weighted by Crippen LogP contribution is 2.33. The number of halogens is 5. The zero-order valence-corrected chi connectivity index (χ0v) is 21.4. The molecule has 0 radical (unpaired) electrons. The highest BCUT2D eigenvalue weighted by atomic mass is 19.4. The quantitative estimate of drug-likeness (QED) is 0.258. The van der Waals surface area contributed by atoms with Crippen LogP contribution in [0.25, 0.3) is 11.0 Å². The zero-order valence-electron chi connectivity index (χ0n) is 21.4. The van der Waals surface area contributed by atoms with Gasteiger partial charge in [-0.2, -0.15) is 18.3 Å². The summed E-state index contributed by atoms with van der Waals surface area (Å²) in [6, 6.07) is -0.0522. The SMILES string of the molecule is C=CC(=O)N1C[C@@H](n2nc(C#Cc3c(F)cc4c(ncn4CC(F)(F)F)c3F)c(C(N)=O)c2NC)C[C@H]1COC. The molecular weight excluding hydrogens is 541 g/mol. The third kappa shape index (κ3) is 5.34. The van der Waals surface area contributed by atoms with Crippen LogP contribution in [-0.4, -0.2) is 75.6 Å². The van der Waals surface area contributed by atoms with Crippen LogP contribution in [0.5, 0.6) is 0 Å². The third-order valence-corrected chi connectivity index (χ3v) is 6.41. The van der Waals surface area contributed by atoms with Crippen LogP contribution in [0.15, 0.2) is 25.0 Å². The number of alkyl halides is 3. The minimum absolute atomic E-state index is 0.150. The highest BCUT2D eigenvalue weighted by Gasteiger charge is 2.38. The second kappa shape index (κ2) is 11.0. The number of hydrogen-bond acceptors (Lipinski definition) is 6. The van der Waals surface area contributed by atoms with Crippen molar-refractivity contribution >= 4 is 28.7 Å². The summed E-state index contributed by atoms with van der Waals surface area (Å²) in [5, 5.41) is 7.20. The number of fused-ring (bicyclic) bond motifs is 1. The van der Waals surface area contributed by atoms with E-state index in [9.17, 15) is 27.2 Å². The average Bonchev–Trinajstić information content (AvgIpc) is 3.58. The summed E-state index contributed by atoms with van der Waals surface area (Å²) in [4.78, 5) is 29.9. The lowest BCUT2D eigenvalue weighted by molar-refractivity contribution is -0.140. The Bertz CT molecular complexity index is 1550. The molecule has 0 spiro atoms. The topological polar surface area (TPSA) is 120 Å². The van der Waals surface area contributed by atoms with E-state index in [0.29, 0.717) is 17.1 Å². The Morgan fingerprint density at radius 1 is 1.32 bits per heavy atom. The van der Waals surface area contributed by atoms with Gasteiger partial charge in [0.25, 0.3) is 5.91 Å². The van der Waals surface area contributed by atoms with Gasteiger partial charge in [-0.1, -0.05) is 12.5 Å². The van der Waals surface area contributed by atoms with E-state index in [1.807, 2.05) is 0 Å². The number of anilines is 1. The van der Waals surface area contributed by atoms with Gasteiger partial charge < -0.3 is 25.3 Å². The maximum Gasteiger partial charge on any atom is 0.406 e. The average molecular weight is 566 g/mol. The molecule has 0 aliphatic carbocycles. The van der Waals surface area contributed by atoms with Crippen molar-refractivity contribution < 1.29 is 36.3 Å². The molecule has 4 rings (SSSR count). The number of rotatable bonds is 7. The van der Waals surface area contributed by atoms with Crippen LogP contribution in [0.2, 0.25) is 0 Å². The van der Waals surface area contributed by atoms with Gasteiger partial charge in [0.15, 0.2) is 11.5 Å². The number of nitrogens with two attached hydrogens (primary N) is 1. The molecule has 15 heteroatoms. The number of hydrogen-bond donors (Lipinski definition) is 2. The van der Waals surface area contributed by atoms with E-state index >= 15 is 4.39 Å². The number of nitrogens with one attached hydrogen (secondary N) is 1. The molecule has 1 aliphatic rings. The van der Waals surface area contributed by atoms with Crippen LogP contribution >= 0.6 is 0 Å². The number of ether oxygens (including phenoxy) is 1. The van der Waals surface area contributed by atoms with Gasteiger partial charge in [-0.3, -0.25) is 9.59 Å². The van der Waals surface area contributed by atoms with Crippen molar-refractivity contribution in [3.63, 3.8) is 0 Å². The molecule has 40 heavy (non-hydrogen) atoms. The number of methoxy groups -OCH3 is 1. The number of imidazole rings is 1. The molecule has 2 atom stereocenters. The maximum atomic E-state index is 15.1. The molecule has 10 nitrogen and oxygen atoms in total. The summed E-state index contributed by atoms with van der Waals surface area (Å²) >= 11 is 0. The van der Waals surface area contributed by atoms with Crippen LogP contribution in [0.4, 0.5) is 27.8 Å². The summed E-state index contributed by atoms with van der Waals surface area (Å²) in [7, 11) is 3.00. The summed E-state index contributed by atoms with van der Waals surface area (Å²) in [6.07, 6.45) is -2.31. The third-order valence-electron chi connectivity index (χ3n) is 6.41. The zero-order chi connectivity index (χ0) is 29.4. The van der Waals surface area contributed by atoms with E-state index in [4.69, 9.17) is 10.5 Å². The largest absolute Gasteiger partial charge is 0.406 e. The van der Waals surface area contributed by atoms with Crippen molar-refractivity contribution in [1.29, 1.82) is 0 Å². The molecule has 1 aromatic carbocycles. The first kappa shape index (κ1) is 28.6. The Morgan fingerprint density at radius 3 is 2.65 bits per heavy atom. The number of aromatic nitrogens is 4. The molecule has 0 unspecified atom stereocenters. The summed E-state index contributed by atoms with van der Waals surface area (Å²) in [6.45, 7) is 2.46. The molecule has 3 aromatic rings. The molecule has 1 aliphatic heterocycles. The van der Waals surface area contributed by atoms with Crippen molar-refractivity contribution in [2.75, 3.05) is 32.6 Å². The fourth-order valence-electron chi connectivity index (χ4n) is 4.75. The number of likely N-dealkylation sites (tertiary alicyclic amines) is 1. The molecule has 1 fully saturated rings. The standard InChI is InChI=1S/C25H24F5N7O3/c1-4-19(38)36-9-13(7-14(36)10-40-3)37-24(32-2)20(23(31)39)17(34-37)6-5-15-16(26)8-18-22(21(15)27)33-12-35(18)11-25(28,29)30/h4,8,12-14,32H,1,7,9-11H2,2-3H3,(H2,31,39)/t13-,14-/m0/s1. The van der Waals surface area contributed by atoms with Gasteiger partial charge in [-0.05, 0) is 18.4 Å². The summed E-state index contributed by atoms with van der Waals surface area (Å²) in [5.74, 6) is 1.18. The van der Waals surface area contributed by atoms with E-state index in [2.05, 4.69) is 33.8 Å². The van der Waals surface area contributed by atoms with Crippen LogP contribution < -0.4 is 11.1 Å². The minimum Gasteiger partial charge on any atom is -0.383 e. The van der Waals surface area contributed by atoms with Crippen molar-refractivity contribution in [3.8, 4) is 11.8 Å². The molecule has 2 aromatic heterocycles. The maximum absolute atomic E-state index is 15.1. The minimum atomic E-state index is -4.63. The molecule has 0 bridgehead atoms. The van der Waals surface area contributed by atoms with Crippen LogP contribution in [0.1, 0.15) is 34.1 Å². The molecule has 212 valence electrons. The first-order valence-corrected chi connectivity index (χ1v) is 11.8. The summed E-state index contributed by atoms with van der Waals surface area (Å²) in [5.41, 5.74) is 3.55. The number of carbonyl (C=O) groups excluding carboxylic acids is 2. The lowest BCUT2D eigenvalue weighted by atomic mass is 10.1. The second-order valence-electron chi connectivity index (χ2n) is 8.98. The fraction of sp³-hybridized carbons (Fsp3) is 0.360. The monoisotopic (exact) mass is 565 g/mol. The Kier molecular flexibility index (Phi) is 7.83. The van der Waals surface area contributed by atoms with E-state index in [1.54, 1.807) is 4.90 Å². The molecule has 3 N–H and O–H groups in total. The van der Waals surface area contributed by atoms with Crippen molar-refractivity contribution in [3.05, 3.63) is 53.5 Å². The van der Waals surface area contributed by atoms with Crippen molar-refractivity contribution in [1.82, 2.24) is 24.2 Å². The smallest absolute Gasteiger partial charge is 0.383 e.